The lowest BCUT2D eigenvalue weighted by Gasteiger charge is -2.08. The van der Waals surface area contributed by atoms with E-state index in [4.69, 9.17) is 0 Å². The van der Waals surface area contributed by atoms with Gasteiger partial charge in [-0.2, -0.15) is 5.10 Å². The minimum Gasteiger partial charge on any atom is -0.307 e. The van der Waals surface area contributed by atoms with Crippen molar-refractivity contribution in [3.05, 3.63) is 68.5 Å². The molecule has 4 nitrogen and oxygen atoms in total. The Labute approximate surface area is 142 Å². The van der Waals surface area contributed by atoms with Crippen LogP contribution in [-0.2, 0) is 6.54 Å². The van der Waals surface area contributed by atoms with E-state index in [1.54, 1.807) is 28.3 Å². The number of anilines is 1. The standard InChI is InChI=1S/C15H10BrF2N3OS/c16-10-5-13(23-8-10)7-21-14(1-2-19-21)20-15(22)9-3-11(17)6-12(18)4-9/h1-6,8H,7H2,(H,20,22). The molecule has 0 aliphatic heterocycles. The van der Waals surface area contributed by atoms with Crippen LogP contribution in [0.4, 0.5) is 14.6 Å². The Bertz CT molecular complexity index is 842. The number of hydrogen-bond donors (Lipinski definition) is 1. The van der Waals surface area contributed by atoms with Gasteiger partial charge in [0.25, 0.3) is 5.91 Å². The molecule has 1 N–H and O–H groups in total. The number of carbonyl (C=O) groups is 1. The van der Waals surface area contributed by atoms with Crippen LogP contribution < -0.4 is 5.32 Å². The molecule has 8 heteroatoms. The normalized spacial score (nSPS) is 10.7. The molecular weight excluding hydrogens is 388 g/mol. The fraction of sp³-hybridized carbons (Fsp3) is 0.0667. The zero-order chi connectivity index (χ0) is 16.4. The molecule has 0 aliphatic rings. The van der Waals surface area contributed by atoms with E-state index in [2.05, 4.69) is 26.3 Å². The van der Waals surface area contributed by atoms with Crippen molar-refractivity contribution >= 4 is 39.0 Å². The van der Waals surface area contributed by atoms with Crippen LogP contribution in [0.15, 0.2) is 46.4 Å². The summed E-state index contributed by atoms with van der Waals surface area (Å²) in [5, 5.41) is 8.71. The number of nitrogens with zero attached hydrogens (tertiary/aromatic N) is 2. The smallest absolute Gasteiger partial charge is 0.257 e. The van der Waals surface area contributed by atoms with E-state index in [0.717, 1.165) is 27.5 Å². The highest BCUT2D eigenvalue weighted by Crippen LogP contribution is 2.22. The molecule has 2 heterocycles. The third kappa shape index (κ3) is 3.83. The van der Waals surface area contributed by atoms with Gasteiger partial charge in [0, 0.05) is 32.4 Å². The lowest BCUT2D eigenvalue weighted by molar-refractivity contribution is 0.102. The minimum absolute atomic E-state index is 0.0888. The van der Waals surface area contributed by atoms with Gasteiger partial charge in [0.15, 0.2) is 0 Å². The highest BCUT2D eigenvalue weighted by molar-refractivity contribution is 9.10. The summed E-state index contributed by atoms with van der Waals surface area (Å²) in [6, 6.07) is 6.26. The van der Waals surface area contributed by atoms with Gasteiger partial charge in [-0.15, -0.1) is 11.3 Å². The lowest BCUT2D eigenvalue weighted by Crippen LogP contribution is -2.16. The molecule has 0 fully saturated rings. The van der Waals surface area contributed by atoms with Crippen LogP contribution in [0.2, 0.25) is 0 Å². The van der Waals surface area contributed by atoms with E-state index in [-0.39, 0.29) is 5.56 Å². The number of nitrogens with one attached hydrogen (secondary N) is 1. The van der Waals surface area contributed by atoms with Crippen LogP contribution in [0.25, 0.3) is 0 Å². The van der Waals surface area contributed by atoms with Gasteiger partial charge in [0.05, 0.1) is 12.7 Å². The van der Waals surface area contributed by atoms with Gasteiger partial charge in [0.2, 0.25) is 0 Å². The average molecular weight is 398 g/mol. The van der Waals surface area contributed by atoms with E-state index in [1.807, 2.05) is 11.4 Å². The Morgan fingerprint density at radius 1 is 1.26 bits per heavy atom. The summed E-state index contributed by atoms with van der Waals surface area (Å²) in [4.78, 5) is 13.2. The molecule has 0 radical (unpaired) electrons. The minimum atomic E-state index is -0.799. The van der Waals surface area contributed by atoms with Crippen LogP contribution in [0, 0.1) is 11.6 Å². The molecule has 0 bridgehead atoms. The number of carbonyl (C=O) groups excluding carboxylic acids is 1. The number of thiophene rings is 1. The Morgan fingerprint density at radius 2 is 2.00 bits per heavy atom. The van der Waals surface area contributed by atoms with Crippen molar-refractivity contribution in [2.75, 3.05) is 5.32 Å². The zero-order valence-electron chi connectivity index (χ0n) is 11.6. The number of rotatable bonds is 4. The highest BCUT2D eigenvalue weighted by Gasteiger charge is 2.12. The molecule has 0 spiro atoms. The van der Waals surface area contributed by atoms with Gasteiger partial charge in [-0.05, 0) is 34.1 Å². The van der Waals surface area contributed by atoms with Crippen molar-refractivity contribution in [2.45, 2.75) is 6.54 Å². The van der Waals surface area contributed by atoms with Crippen LogP contribution in [0.5, 0.6) is 0 Å². The maximum absolute atomic E-state index is 13.2. The number of halogens is 3. The summed E-state index contributed by atoms with van der Waals surface area (Å²) in [5.74, 6) is -1.75. The van der Waals surface area contributed by atoms with Crippen molar-refractivity contribution < 1.29 is 13.6 Å². The Hall–Kier alpha value is -2.06. The Kier molecular flexibility index (Phi) is 4.53. The van der Waals surface area contributed by atoms with Crippen LogP contribution in [-0.4, -0.2) is 15.7 Å². The second-order valence-electron chi connectivity index (χ2n) is 4.72. The van der Waals surface area contributed by atoms with Crippen LogP contribution in [0.3, 0.4) is 0 Å². The van der Waals surface area contributed by atoms with E-state index in [9.17, 15) is 13.6 Å². The summed E-state index contributed by atoms with van der Waals surface area (Å²) in [6.07, 6.45) is 1.55. The van der Waals surface area contributed by atoms with Crippen molar-refractivity contribution in [1.82, 2.24) is 9.78 Å². The van der Waals surface area contributed by atoms with Gasteiger partial charge >= 0.3 is 0 Å². The predicted molar refractivity (Wildman–Crippen MR) is 87.7 cm³/mol. The Balaban J connectivity index is 1.78. The van der Waals surface area contributed by atoms with E-state index in [1.165, 1.54) is 0 Å². The molecule has 0 unspecified atom stereocenters. The van der Waals surface area contributed by atoms with Crippen molar-refractivity contribution in [1.29, 1.82) is 0 Å². The first-order valence-corrected chi connectivity index (χ1v) is 8.21. The van der Waals surface area contributed by atoms with Crippen LogP contribution in [0.1, 0.15) is 15.2 Å². The first kappa shape index (κ1) is 15.8. The van der Waals surface area contributed by atoms with Gasteiger partial charge in [0.1, 0.15) is 17.5 Å². The maximum atomic E-state index is 13.2. The molecule has 3 rings (SSSR count). The molecule has 0 aliphatic carbocycles. The molecule has 118 valence electrons. The summed E-state index contributed by atoms with van der Waals surface area (Å²) in [5.41, 5.74) is -0.0888. The zero-order valence-corrected chi connectivity index (χ0v) is 14.0. The molecular formula is C15H10BrF2N3OS. The summed E-state index contributed by atoms with van der Waals surface area (Å²) >= 11 is 4.94. The van der Waals surface area contributed by atoms with Gasteiger partial charge in [-0.25, -0.2) is 13.5 Å². The number of hydrogen-bond acceptors (Lipinski definition) is 3. The SMILES string of the molecule is O=C(Nc1ccnn1Cc1cc(Br)cs1)c1cc(F)cc(F)c1. The van der Waals surface area contributed by atoms with Crippen molar-refractivity contribution in [3.8, 4) is 0 Å². The number of amides is 1. The number of benzene rings is 1. The summed E-state index contributed by atoms with van der Waals surface area (Å²) in [6.45, 7) is 0.483. The average Bonchev–Trinajstić information content (AvgIpc) is 3.08. The molecule has 23 heavy (non-hydrogen) atoms. The Morgan fingerprint density at radius 3 is 2.65 bits per heavy atom. The largest absolute Gasteiger partial charge is 0.307 e. The molecule has 1 aromatic carbocycles. The third-order valence-corrected chi connectivity index (χ3v) is 4.69. The van der Waals surface area contributed by atoms with E-state index >= 15 is 0 Å². The second-order valence-corrected chi connectivity index (χ2v) is 6.63. The van der Waals surface area contributed by atoms with Crippen molar-refractivity contribution in [2.24, 2.45) is 0 Å². The third-order valence-electron chi connectivity index (χ3n) is 3.01. The molecule has 2 aromatic heterocycles. The highest BCUT2D eigenvalue weighted by atomic mass is 79.9. The van der Waals surface area contributed by atoms with Gasteiger partial charge in [-0.3, -0.25) is 4.79 Å². The maximum Gasteiger partial charge on any atom is 0.257 e. The fourth-order valence-electron chi connectivity index (χ4n) is 2.02. The second kappa shape index (κ2) is 6.59. The topological polar surface area (TPSA) is 46.9 Å². The van der Waals surface area contributed by atoms with Crippen LogP contribution >= 0.6 is 27.3 Å². The van der Waals surface area contributed by atoms with E-state index in [0.29, 0.717) is 12.4 Å². The quantitative estimate of drug-likeness (QED) is 0.713. The molecule has 0 atom stereocenters. The van der Waals surface area contributed by atoms with Gasteiger partial charge < -0.3 is 5.32 Å². The molecule has 3 aromatic rings. The van der Waals surface area contributed by atoms with Crippen molar-refractivity contribution in [3.63, 3.8) is 0 Å². The molecule has 0 saturated heterocycles. The summed E-state index contributed by atoms with van der Waals surface area (Å²) in [7, 11) is 0. The summed E-state index contributed by atoms with van der Waals surface area (Å²) < 4.78 is 29.0. The lowest BCUT2D eigenvalue weighted by atomic mass is 10.2. The fourth-order valence-corrected chi connectivity index (χ4v) is 3.45. The predicted octanol–water partition coefficient (Wildman–Crippen LogP) is 4.29. The molecule has 1 amide bonds. The number of aromatic nitrogens is 2. The van der Waals surface area contributed by atoms with Gasteiger partial charge in [-0.1, -0.05) is 0 Å². The van der Waals surface area contributed by atoms with E-state index < -0.39 is 17.5 Å². The first-order chi connectivity index (χ1) is 11.0. The first-order valence-electron chi connectivity index (χ1n) is 6.53. The molecule has 0 saturated carbocycles. The monoisotopic (exact) mass is 397 g/mol.